The molecule has 100 valence electrons. The molecule has 0 saturated heterocycles. The van der Waals surface area contributed by atoms with Crippen molar-refractivity contribution >= 4 is 9.84 Å². The van der Waals surface area contributed by atoms with E-state index in [0.717, 1.165) is 6.07 Å². The summed E-state index contributed by atoms with van der Waals surface area (Å²) in [5.41, 5.74) is 0.351. The van der Waals surface area contributed by atoms with E-state index in [1.54, 1.807) is 18.2 Å². The quantitative estimate of drug-likeness (QED) is 0.862. The fraction of sp³-hybridized carbons (Fsp3) is 0.154. The maximum Gasteiger partial charge on any atom is 0.213 e. The van der Waals surface area contributed by atoms with E-state index in [1.165, 1.54) is 25.3 Å². The normalized spacial score (nSPS) is 11.3. The van der Waals surface area contributed by atoms with E-state index in [0.29, 0.717) is 11.6 Å². The summed E-state index contributed by atoms with van der Waals surface area (Å²) >= 11 is 0. The van der Waals surface area contributed by atoms with Gasteiger partial charge in [-0.25, -0.2) is 17.8 Å². The van der Waals surface area contributed by atoms with Crippen LogP contribution in [0.25, 0.3) is 0 Å². The fourth-order valence-electron chi connectivity index (χ4n) is 1.59. The van der Waals surface area contributed by atoms with Gasteiger partial charge in [-0.05, 0) is 24.3 Å². The molecule has 0 unspecified atom stereocenters. The fourth-order valence-corrected chi connectivity index (χ4v) is 2.88. The van der Waals surface area contributed by atoms with E-state index >= 15 is 0 Å². The monoisotopic (exact) mass is 281 g/mol. The van der Waals surface area contributed by atoms with Gasteiger partial charge in [0.2, 0.25) is 5.88 Å². The molecule has 0 aliphatic carbocycles. The zero-order valence-corrected chi connectivity index (χ0v) is 11.0. The Labute approximate surface area is 110 Å². The number of hydrogen-bond acceptors (Lipinski definition) is 4. The van der Waals surface area contributed by atoms with Crippen molar-refractivity contribution in [3.05, 3.63) is 54.0 Å². The van der Waals surface area contributed by atoms with Gasteiger partial charge in [0, 0.05) is 6.07 Å². The maximum atomic E-state index is 13.1. The predicted molar refractivity (Wildman–Crippen MR) is 68.1 cm³/mol. The standard InChI is InChI=1S/C13H12FNO3S/c1-18-13-7-3-5-11(15-13)9-19(16,17)12-6-2-4-10(14)8-12/h2-8H,9H2,1H3. The Morgan fingerprint density at radius 2 is 1.95 bits per heavy atom. The summed E-state index contributed by atoms with van der Waals surface area (Å²) in [6, 6.07) is 9.78. The van der Waals surface area contributed by atoms with Crippen molar-refractivity contribution in [3.8, 4) is 5.88 Å². The summed E-state index contributed by atoms with van der Waals surface area (Å²) in [7, 11) is -2.17. The summed E-state index contributed by atoms with van der Waals surface area (Å²) < 4.78 is 42.2. The second-order valence-corrected chi connectivity index (χ2v) is 5.88. The van der Waals surface area contributed by atoms with Gasteiger partial charge in [0.15, 0.2) is 9.84 Å². The van der Waals surface area contributed by atoms with Crippen molar-refractivity contribution < 1.29 is 17.5 Å². The van der Waals surface area contributed by atoms with Gasteiger partial charge in [-0.1, -0.05) is 12.1 Å². The SMILES string of the molecule is COc1cccc(CS(=O)(=O)c2cccc(F)c2)n1. The number of sulfone groups is 1. The van der Waals surface area contributed by atoms with Gasteiger partial charge in [-0.3, -0.25) is 0 Å². The highest BCUT2D eigenvalue weighted by atomic mass is 32.2. The molecule has 2 aromatic rings. The van der Waals surface area contributed by atoms with Crippen LogP contribution in [-0.4, -0.2) is 20.5 Å². The van der Waals surface area contributed by atoms with Crippen LogP contribution in [0, 0.1) is 5.82 Å². The molecule has 4 nitrogen and oxygen atoms in total. The molecule has 0 bridgehead atoms. The molecule has 0 amide bonds. The number of rotatable bonds is 4. The summed E-state index contributed by atoms with van der Waals surface area (Å²) in [5.74, 6) is -0.542. The third kappa shape index (κ3) is 3.29. The van der Waals surface area contributed by atoms with Gasteiger partial charge < -0.3 is 4.74 Å². The number of nitrogens with zero attached hydrogens (tertiary/aromatic N) is 1. The van der Waals surface area contributed by atoms with E-state index in [1.807, 2.05) is 0 Å². The van der Waals surface area contributed by atoms with E-state index in [4.69, 9.17) is 4.74 Å². The molecule has 19 heavy (non-hydrogen) atoms. The van der Waals surface area contributed by atoms with Gasteiger partial charge in [0.05, 0.1) is 23.5 Å². The first kappa shape index (κ1) is 13.5. The van der Waals surface area contributed by atoms with Gasteiger partial charge in [-0.2, -0.15) is 0 Å². The Bertz CT molecular complexity index is 686. The van der Waals surface area contributed by atoms with Crippen LogP contribution >= 0.6 is 0 Å². The lowest BCUT2D eigenvalue weighted by Gasteiger charge is -2.05. The van der Waals surface area contributed by atoms with Crippen LogP contribution in [0.3, 0.4) is 0 Å². The minimum Gasteiger partial charge on any atom is -0.481 e. The summed E-state index contributed by atoms with van der Waals surface area (Å²) in [6.45, 7) is 0. The first-order valence-electron chi connectivity index (χ1n) is 5.49. The molecule has 2 rings (SSSR count). The Balaban J connectivity index is 2.31. The number of ether oxygens (including phenoxy) is 1. The average Bonchev–Trinajstić information content (AvgIpc) is 2.38. The van der Waals surface area contributed by atoms with Crippen molar-refractivity contribution in [3.63, 3.8) is 0 Å². The van der Waals surface area contributed by atoms with Crippen LogP contribution in [0.4, 0.5) is 4.39 Å². The molecule has 0 saturated carbocycles. The van der Waals surface area contributed by atoms with E-state index in [-0.39, 0.29) is 10.6 Å². The highest BCUT2D eigenvalue weighted by Gasteiger charge is 2.17. The minimum atomic E-state index is -3.62. The van der Waals surface area contributed by atoms with Crippen molar-refractivity contribution in [1.82, 2.24) is 4.98 Å². The molecular formula is C13H12FNO3S. The van der Waals surface area contributed by atoms with Crippen molar-refractivity contribution in [2.75, 3.05) is 7.11 Å². The molecule has 0 radical (unpaired) electrons. The zero-order valence-electron chi connectivity index (χ0n) is 10.2. The zero-order chi connectivity index (χ0) is 13.9. The third-order valence-electron chi connectivity index (χ3n) is 2.48. The molecular weight excluding hydrogens is 269 g/mol. The lowest BCUT2D eigenvalue weighted by molar-refractivity contribution is 0.396. The number of methoxy groups -OCH3 is 1. The first-order chi connectivity index (χ1) is 9.01. The highest BCUT2D eigenvalue weighted by molar-refractivity contribution is 7.90. The summed E-state index contributed by atoms with van der Waals surface area (Å²) in [6.07, 6.45) is 0. The predicted octanol–water partition coefficient (Wildman–Crippen LogP) is 2.20. The number of benzene rings is 1. The molecule has 1 aromatic heterocycles. The minimum absolute atomic E-state index is 0.0582. The van der Waals surface area contributed by atoms with Crippen LogP contribution in [-0.2, 0) is 15.6 Å². The average molecular weight is 281 g/mol. The first-order valence-corrected chi connectivity index (χ1v) is 7.15. The Morgan fingerprint density at radius 3 is 2.63 bits per heavy atom. The van der Waals surface area contributed by atoms with Crippen LogP contribution < -0.4 is 4.74 Å². The van der Waals surface area contributed by atoms with Gasteiger partial charge in [0.1, 0.15) is 5.82 Å². The molecule has 1 heterocycles. The topological polar surface area (TPSA) is 56.3 Å². The lowest BCUT2D eigenvalue weighted by atomic mass is 10.3. The molecule has 1 aromatic carbocycles. The van der Waals surface area contributed by atoms with E-state index < -0.39 is 15.7 Å². The van der Waals surface area contributed by atoms with Crippen LogP contribution in [0.1, 0.15) is 5.69 Å². The second kappa shape index (κ2) is 5.36. The molecule has 0 aliphatic rings. The van der Waals surface area contributed by atoms with E-state index in [2.05, 4.69) is 4.98 Å². The second-order valence-electron chi connectivity index (χ2n) is 3.89. The smallest absolute Gasteiger partial charge is 0.213 e. The molecule has 0 N–H and O–H groups in total. The number of aromatic nitrogens is 1. The number of halogens is 1. The van der Waals surface area contributed by atoms with Gasteiger partial charge in [0.25, 0.3) is 0 Å². The van der Waals surface area contributed by atoms with Crippen LogP contribution in [0.15, 0.2) is 47.4 Å². The van der Waals surface area contributed by atoms with Crippen molar-refractivity contribution in [1.29, 1.82) is 0 Å². The molecule has 0 fully saturated rings. The summed E-state index contributed by atoms with van der Waals surface area (Å²) in [5, 5.41) is 0. The largest absolute Gasteiger partial charge is 0.481 e. The number of pyridine rings is 1. The molecule has 0 atom stereocenters. The number of hydrogen-bond donors (Lipinski definition) is 0. The van der Waals surface area contributed by atoms with Crippen molar-refractivity contribution in [2.45, 2.75) is 10.6 Å². The summed E-state index contributed by atoms with van der Waals surface area (Å²) in [4.78, 5) is 3.97. The third-order valence-corrected chi connectivity index (χ3v) is 4.13. The van der Waals surface area contributed by atoms with Crippen LogP contribution in [0.5, 0.6) is 5.88 Å². The Kier molecular flexibility index (Phi) is 3.80. The molecule has 0 spiro atoms. The Hall–Kier alpha value is -1.95. The maximum absolute atomic E-state index is 13.1. The van der Waals surface area contributed by atoms with Crippen molar-refractivity contribution in [2.24, 2.45) is 0 Å². The van der Waals surface area contributed by atoms with Gasteiger partial charge >= 0.3 is 0 Å². The highest BCUT2D eigenvalue weighted by Crippen LogP contribution is 2.17. The molecule has 0 aliphatic heterocycles. The van der Waals surface area contributed by atoms with E-state index in [9.17, 15) is 12.8 Å². The van der Waals surface area contributed by atoms with Crippen LogP contribution in [0.2, 0.25) is 0 Å². The molecule has 6 heteroatoms. The Morgan fingerprint density at radius 1 is 1.21 bits per heavy atom. The van der Waals surface area contributed by atoms with Gasteiger partial charge in [-0.15, -0.1) is 0 Å². The lowest BCUT2D eigenvalue weighted by Crippen LogP contribution is -2.07.